The van der Waals surface area contributed by atoms with Crippen LogP contribution in [0.2, 0.25) is 5.02 Å². The third kappa shape index (κ3) is 2.78. The van der Waals surface area contributed by atoms with Crippen molar-refractivity contribution in [1.29, 1.82) is 0 Å². The molecule has 1 aliphatic heterocycles. The van der Waals surface area contributed by atoms with Gasteiger partial charge in [0, 0.05) is 28.7 Å². The first-order valence-corrected chi connectivity index (χ1v) is 7.32. The second-order valence-corrected chi connectivity index (χ2v) is 5.90. The minimum absolute atomic E-state index is 0.720. The highest BCUT2D eigenvalue weighted by atomic mass is 35.5. The molecule has 0 saturated carbocycles. The maximum absolute atomic E-state index is 6.01. The molecular weight excluding hydrogens is 258 g/mol. The van der Waals surface area contributed by atoms with Crippen molar-refractivity contribution in [2.45, 2.75) is 19.4 Å². The van der Waals surface area contributed by atoms with E-state index in [1.807, 2.05) is 12.1 Å². The van der Waals surface area contributed by atoms with Gasteiger partial charge in [-0.15, -0.1) is 0 Å². The van der Waals surface area contributed by atoms with Crippen LogP contribution < -0.4 is 5.73 Å². The third-order valence-corrected chi connectivity index (χ3v) is 4.40. The van der Waals surface area contributed by atoms with Gasteiger partial charge in [-0.05, 0) is 56.1 Å². The van der Waals surface area contributed by atoms with Gasteiger partial charge in [-0.3, -0.25) is 4.90 Å². The Hall–Kier alpha value is -1.03. The number of hydrogen-bond acceptors (Lipinski definition) is 2. The maximum Gasteiger partial charge on any atom is 0.0472 e. The largest absolute Gasteiger partial charge is 0.361 e. The Bertz CT molecular complexity index is 556. The molecule has 3 nitrogen and oxygen atoms in total. The second kappa shape index (κ2) is 5.53. The van der Waals surface area contributed by atoms with Crippen molar-refractivity contribution in [3.05, 3.63) is 35.0 Å². The number of nitrogens with two attached hydrogens (primary N) is 1. The molecule has 2 heterocycles. The molecule has 2 aromatic rings. The molecule has 0 amide bonds. The fourth-order valence-electron chi connectivity index (χ4n) is 2.91. The first-order valence-electron chi connectivity index (χ1n) is 6.94. The molecule has 102 valence electrons. The van der Waals surface area contributed by atoms with Crippen LogP contribution in [0.5, 0.6) is 0 Å². The number of halogens is 1. The number of likely N-dealkylation sites (tertiary alicyclic amines) is 1. The van der Waals surface area contributed by atoms with Gasteiger partial charge in [-0.2, -0.15) is 0 Å². The number of nitrogens with one attached hydrogen (secondary N) is 1. The molecule has 0 spiro atoms. The monoisotopic (exact) mass is 277 g/mol. The summed E-state index contributed by atoms with van der Waals surface area (Å²) in [7, 11) is 0. The van der Waals surface area contributed by atoms with Gasteiger partial charge in [-0.1, -0.05) is 17.7 Å². The van der Waals surface area contributed by atoms with Crippen molar-refractivity contribution in [2.24, 2.45) is 11.7 Å². The van der Waals surface area contributed by atoms with E-state index in [-0.39, 0.29) is 0 Å². The van der Waals surface area contributed by atoms with E-state index in [0.717, 1.165) is 42.6 Å². The average Bonchev–Trinajstić information content (AvgIpc) is 2.82. The molecule has 1 saturated heterocycles. The molecule has 1 aromatic heterocycles. The molecule has 0 radical (unpaired) electrons. The van der Waals surface area contributed by atoms with Gasteiger partial charge in [0.25, 0.3) is 0 Å². The third-order valence-electron chi connectivity index (χ3n) is 4.16. The van der Waals surface area contributed by atoms with Crippen molar-refractivity contribution < 1.29 is 0 Å². The highest BCUT2D eigenvalue weighted by molar-refractivity contribution is 6.31. The Morgan fingerprint density at radius 1 is 1.32 bits per heavy atom. The normalized spacial score (nSPS) is 18.2. The number of nitrogens with zero attached hydrogens (tertiary/aromatic N) is 1. The van der Waals surface area contributed by atoms with E-state index < -0.39 is 0 Å². The van der Waals surface area contributed by atoms with Crippen LogP contribution in [0.3, 0.4) is 0 Å². The first-order chi connectivity index (χ1) is 9.26. The lowest BCUT2D eigenvalue weighted by molar-refractivity contribution is 0.181. The van der Waals surface area contributed by atoms with Crippen molar-refractivity contribution in [1.82, 2.24) is 9.88 Å². The van der Waals surface area contributed by atoms with Gasteiger partial charge in [0.2, 0.25) is 0 Å². The minimum atomic E-state index is 0.720. The number of rotatable bonds is 3. The first kappa shape index (κ1) is 13.0. The number of fused-ring (bicyclic) bond motifs is 1. The van der Waals surface area contributed by atoms with Crippen molar-refractivity contribution in [2.75, 3.05) is 19.6 Å². The standard InChI is InChI=1S/C15H20ClN3/c16-13-1-2-14-12(9-18-15(14)7-13)10-19-5-3-11(8-17)4-6-19/h1-2,7,9,11,18H,3-6,8,10,17H2. The lowest BCUT2D eigenvalue weighted by Crippen LogP contribution is -2.35. The zero-order valence-corrected chi connectivity index (χ0v) is 11.8. The number of aromatic nitrogens is 1. The van der Waals surface area contributed by atoms with E-state index in [1.165, 1.54) is 23.8 Å². The van der Waals surface area contributed by atoms with Crippen LogP contribution >= 0.6 is 11.6 Å². The molecule has 0 aliphatic carbocycles. The summed E-state index contributed by atoms with van der Waals surface area (Å²) < 4.78 is 0. The van der Waals surface area contributed by atoms with E-state index >= 15 is 0 Å². The quantitative estimate of drug-likeness (QED) is 0.906. The Morgan fingerprint density at radius 3 is 2.84 bits per heavy atom. The average molecular weight is 278 g/mol. The van der Waals surface area contributed by atoms with E-state index in [9.17, 15) is 0 Å². The van der Waals surface area contributed by atoms with Crippen LogP contribution in [0.1, 0.15) is 18.4 Å². The maximum atomic E-state index is 6.01. The number of piperidine rings is 1. The van der Waals surface area contributed by atoms with Gasteiger partial charge >= 0.3 is 0 Å². The Labute approximate surface area is 118 Å². The summed E-state index contributed by atoms with van der Waals surface area (Å²) in [6.07, 6.45) is 4.56. The van der Waals surface area contributed by atoms with E-state index in [2.05, 4.69) is 22.1 Å². The van der Waals surface area contributed by atoms with E-state index in [1.54, 1.807) is 0 Å². The number of H-pyrrole nitrogens is 1. The van der Waals surface area contributed by atoms with Crippen LogP contribution in [-0.2, 0) is 6.54 Å². The van der Waals surface area contributed by atoms with Crippen LogP contribution in [0, 0.1) is 5.92 Å². The number of benzene rings is 1. The van der Waals surface area contributed by atoms with Gasteiger partial charge in [0.1, 0.15) is 0 Å². The van der Waals surface area contributed by atoms with Crippen molar-refractivity contribution in [3.63, 3.8) is 0 Å². The zero-order valence-electron chi connectivity index (χ0n) is 11.0. The fraction of sp³-hybridized carbons (Fsp3) is 0.467. The van der Waals surface area contributed by atoms with Crippen LogP contribution in [0.4, 0.5) is 0 Å². The minimum Gasteiger partial charge on any atom is -0.361 e. The highest BCUT2D eigenvalue weighted by Crippen LogP contribution is 2.24. The molecule has 1 aromatic carbocycles. The fourth-order valence-corrected chi connectivity index (χ4v) is 3.08. The predicted molar refractivity (Wildman–Crippen MR) is 80.4 cm³/mol. The molecule has 1 aliphatic rings. The zero-order chi connectivity index (χ0) is 13.2. The SMILES string of the molecule is NCC1CCN(Cc2c[nH]c3cc(Cl)ccc23)CC1. The molecule has 4 heteroatoms. The molecule has 0 atom stereocenters. The Kier molecular flexibility index (Phi) is 3.78. The predicted octanol–water partition coefficient (Wildman–Crippen LogP) is 2.99. The van der Waals surface area contributed by atoms with Crippen molar-refractivity contribution in [3.8, 4) is 0 Å². The molecule has 19 heavy (non-hydrogen) atoms. The number of hydrogen-bond donors (Lipinski definition) is 2. The Morgan fingerprint density at radius 2 is 2.11 bits per heavy atom. The van der Waals surface area contributed by atoms with E-state index in [0.29, 0.717) is 0 Å². The molecular formula is C15H20ClN3. The molecule has 3 rings (SSSR count). The van der Waals surface area contributed by atoms with Gasteiger partial charge in [0.05, 0.1) is 0 Å². The van der Waals surface area contributed by atoms with Gasteiger partial charge < -0.3 is 10.7 Å². The van der Waals surface area contributed by atoms with Crippen LogP contribution in [0.15, 0.2) is 24.4 Å². The van der Waals surface area contributed by atoms with Gasteiger partial charge in [0.15, 0.2) is 0 Å². The summed E-state index contributed by atoms with van der Waals surface area (Å²) in [5.74, 6) is 0.720. The topological polar surface area (TPSA) is 45.0 Å². The smallest absolute Gasteiger partial charge is 0.0472 e. The summed E-state index contributed by atoms with van der Waals surface area (Å²) in [5, 5.41) is 2.06. The summed E-state index contributed by atoms with van der Waals surface area (Å²) in [5.41, 5.74) is 8.22. The molecule has 1 fully saturated rings. The summed E-state index contributed by atoms with van der Waals surface area (Å²) in [6.45, 7) is 4.16. The molecule has 0 bridgehead atoms. The Balaban J connectivity index is 1.72. The lowest BCUT2D eigenvalue weighted by Gasteiger charge is -2.31. The van der Waals surface area contributed by atoms with Crippen molar-refractivity contribution >= 4 is 22.5 Å². The summed E-state index contributed by atoms with van der Waals surface area (Å²) in [4.78, 5) is 5.82. The van der Waals surface area contributed by atoms with Gasteiger partial charge in [-0.25, -0.2) is 0 Å². The summed E-state index contributed by atoms with van der Waals surface area (Å²) in [6, 6.07) is 6.05. The highest BCUT2D eigenvalue weighted by Gasteiger charge is 2.18. The van der Waals surface area contributed by atoms with Crippen LogP contribution in [0.25, 0.3) is 10.9 Å². The second-order valence-electron chi connectivity index (χ2n) is 5.46. The van der Waals surface area contributed by atoms with Crippen LogP contribution in [-0.4, -0.2) is 29.5 Å². The summed E-state index contributed by atoms with van der Waals surface area (Å²) >= 11 is 6.01. The number of aromatic amines is 1. The van der Waals surface area contributed by atoms with E-state index in [4.69, 9.17) is 17.3 Å². The lowest BCUT2D eigenvalue weighted by atomic mass is 9.97. The molecule has 0 unspecified atom stereocenters. The molecule has 3 N–H and O–H groups in total.